The van der Waals surface area contributed by atoms with E-state index in [-0.39, 0.29) is 12.5 Å². The molecule has 0 radical (unpaired) electrons. The summed E-state index contributed by atoms with van der Waals surface area (Å²) >= 11 is 1.70. The molecule has 6 heteroatoms. The molecule has 0 spiro atoms. The topological polar surface area (TPSA) is 75.4 Å². The van der Waals surface area contributed by atoms with E-state index in [1.807, 2.05) is 27.7 Å². The number of nitrogens with one attached hydrogen (secondary N) is 1. The second-order valence-electron chi connectivity index (χ2n) is 7.19. The van der Waals surface area contributed by atoms with Crippen LogP contribution in [0.15, 0.2) is 10.6 Å². The highest BCUT2D eigenvalue weighted by molar-refractivity contribution is 8.01. The molecule has 1 saturated carbocycles. The van der Waals surface area contributed by atoms with Gasteiger partial charge in [0.05, 0.1) is 11.4 Å². The van der Waals surface area contributed by atoms with Gasteiger partial charge in [0.2, 0.25) is 5.91 Å². The number of hydrogen-bond acceptors (Lipinski definition) is 5. The Morgan fingerprint density at radius 2 is 2.14 bits per heavy atom. The predicted molar refractivity (Wildman–Crippen MR) is 89.1 cm³/mol. The van der Waals surface area contributed by atoms with Crippen LogP contribution < -0.4 is 5.32 Å². The Morgan fingerprint density at radius 1 is 1.45 bits per heavy atom. The van der Waals surface area contributed by atoms with E-state index in [9.17, 15) is 9.90 Å². The molecule has 2 N–H and O–H groups in total. The number of amides is 1. The molecule has 124 valence electrons. The summed E-state index contributed by atoms with van der Waals surface area (Å²) in [6.07, 6.45) is 3.89. The van der Waals surface area contributed by atoms with Gasteiger partial charge in [0.1, 0.15) is 5.76 Å². The Morgan fingerprint density at radius 3 is 2.68 bits per heavy atom. The van der Waals surface area contributed by atoms with E-state index in [1.54, 1.807) is 17.8 Å². The lowest BCUT2D eigenvalue weighted by atomic mass is 9.87. The molecule has 0 saturated heterocycles. The van der Waals surface area contributed by atoms with Gasteiger partial charge in [-0.3, -0.25) is 4.79 Å². The number of carbonyl (C=O) groups excluding carboxylic acids is 1. The summed E-state index contributed by atoms with van der Waals surface area (Å²) in [4.78, 5) is 12.4. The first kappa shape index (κ1) is 17.3. The highest BCUT2D eigenvalue weighted by Crippen LogP contribution is 2.35. The number of rotatable bonds is 7. The van der Waals surface area contributed by atoms with Crippen molar-refractivity contribution in [3.05, 3.63) is 11.8 Å². The molecule has 0 bridgehead atoms. The van der Waals surface area contributed by atoms with E-state index >= 15 is 0 Å². The van der Waals surface area contributed by atoms with Crippen molar-refractivity contribution in [1.82, 2.24) is 5.16 Å². The number of anilines is 1. The normalized spacial score (nSPS) is 16.4. The average molecular weight is 326 g/mol. The number of hydrogen-bond donors (Lipinski definition) is 2. The molecule has 1 fully saturated rings. The summed E-state index contributed by atoms with van der Waals surface area (Å²) in [6, 6.07) is 1.68. The van der Waals surface area contributed by atoms with Crippen molar-refractivity contribution in [3.63, 3.8) is 0 Å². The van der Waals surface area contributed by atoms with Crippen molar-refractivity contribution in [2.75, 3.05) is 17.7 Å². The molecular formula is C16H26N2O3S. The monoisotopic (exact) mass is 326 g/mol. The van der Waals surface area contributed by atoms with Crippen LogP contribution in [0.1, 0.15) is 52.7 Å². The third-order valence-corrected chi connectivity index (χ3v) is 5.81. The zero-order valence-electron chi connectivity index (χ0n) is 13.8. The van der Waals surface area contributed by atoms with Gasteiger partial charge in [-0.1, -0.05) is 25.4 Å². The molecule has 0 unspecified atom stereocenters. The van der Waals surface area contributed by atoms with E-state index < -0.39 is 10.2 Å². The number of aliphatic hydroxyl groups is 1. The molecular weight excluding hydrogens is 300 g/mol. The second-order valence-corrected chi connectivity index (χ2v) is 8.83. The molecule has 1 aliphatic rings. The van der Waals surface area contributed by atoms with Crippen LogP contribution >= 0.6 is 11.8 Å². The van der Waals surface area contributed by atoms with Crippen molar-refractivity contribution in [2.24, 2.45) is 5.92 Å². The third-order valence-electron chi connectivity index (χ3n) is 4.27. The number of aromatic nitrogens is 1. The molecule has 22 heavy (non-hydrogen) atoms. The van der Waals surface area contributed by atoms with Crippen molar-refractivity contribution in [1.29, 1.82) is 0 Å². The van der Waals surface area contributed by atoms with Crippen molar-refractivity contribution in [2.45, 2.75) is 57.1 Å². The third kappa shape index (κ3) is 4.04. The lowest BCUT2D eigenvalue weighted by molar-refractivity contribution is -0.117. The molecule has 0 atom stereocenters. The van der Waals surface area contributed by atoms with Crippen molar-refractivity contribution in [3.8, 4) is 0 Å². The molecule has 1 amide bonds. The van der Waals surface area contributed by atoms with Gasteiger partial charge in [-0.15, -0.1) is 11.8 Å². The first-order chi connectivity index (χ1) is 10.2. The fourth-order valence-corrected chi connectivity index (χ4v) is 3.22. The van der Waals surface area contributed by atoms with Crippen molar-refractivity contribution >= 4 is 23.5 Å². The zero-order chi connectivity index (χ0) is 16.4. The van der Waals surface area contributed by atoms with Gasteiger partial charge in [0, 0.05) is 11.5 Å². The van der Waals surface area contributed by atoms with E-state index in [4.69, 9.17) is 4.52 Å². The number of nitrogens with zero attached hydrogens (tertiary/aromatic N) is 1. The SMILES string of the molecule is CC(C)(SCC1CCC1)C(=O)Nc1cc(C(C)(C)CO)on1. The van der Waals surface area contributed by atoms with Crippen LogP contribution in [0.3, 0.4) is 0 Å². The van der Waals surface area contributed by atoms with Gasteiger partial charge in [0.25, 0.3) is 0 Å². The van der Waals surface area contributed by atoms with Crippen LogP contribution in [0.5, 0.6) is 0 Å². The fraction of sp³-hybridized carbons (Fsp3) is 0.750. The number of aliphatic hydroxyl groups excluding tert-OH is 1. The maximum Gasteiger partial charge on any atom is 0.241 e. The molecule has 0 aromatic carbocycles. The molecule has 1 aromatic heterocycles. The lowest BCUT2D eigenvalue weighted by Crippen LogP contribution is -2.35. The Hall–Kier alpha value is -1.01. The van der Waals surface area contributed by atoms with Crippen LogP contribution in [0.4, 0.5) is 5.82 Å². The molecule has 1 aliphatic carbocycles. The van der Waals surface area contributed by atoms with E-state index in [0.717, 1.165) is 11.7 Å². The average Bonchev–Trinajstić information content (AvgIpc) is 2.86. The summed E-state index contributed by atoms with van der Waals surface area (Å²) in [5, 5.41) is 16.0. The van der Waals surface area contributed by atoms with Gasteiger partial charge < -0.3 is 14.9 Å². The summed E-state index contributed by atoms with van der Waals surface area (Å²) < 4.78 is 4.73. The van der Waals surface area contributed by atoms with Crippen LogP contribution in [-0.2, 0) is 10.2 Å². The largest absolute Gasteiger partial charge is 0.395 e. The van der Waals surface area contributed by atoms with Crippen LogP contribution in [0.25, 0.3) is 0 Å². The van der Waals surface area contributed by atoms with Gasteiger partial charge >= 0.3 is 0 Å². The highest BCUT2D eigenvalue weighted by Gasteiger charge is 2.32. The zero-order valence-corrected chi connectivity index (χ0v) is 14.6. The van der Waals surface area contributed by atoms with E-state index in [0.29, 0.717) is 11.6 Å². The van der Waals surface area contributed by atoms with Crippen LogP contribution in [-0.4, -0.2) is 33.3 Å². The maximum atomic E-state index is 12.4. The summed E-state index contributed by atoms with van der Waals surface area (Å²) in [6.45, 7) is 7.54. The lowest BCUT2D eigenvalue weighted by Gasteiger charge is -2.29. The first-order valence-electron chi connectivity index (χ1n) is 7.78. The molecule has 1 aromatic rings. The van der Waals surface area contributed by atoms with Crippen LogP contribution in [0, 0.1) is 5.92 Å². The van der Waals surface area contributed by atoms with E-state index in [1.165, 1.54) is 19.3 Å². The second kappa shape index (κ2) is 6.62. The smallest absolute Gasteiger partial charge is 0.241 e. The van der Waals surface area contributed by atoms with Gasteiger partial charge in [0.15, 0.2) is 5.82 Å². The quantitative estimate of drug-likeness (QED) is 0.805. The first-order valence-corrected chi connectivity index (χ1v) is 8.76. The fourth-order valence-electron chi connectivity index (χ4n) is 2.05. The molecule has 5 nitrogen and oxygen atoms in total. The standard InChI is InChI=1S/C16H26N2O3S/c1-15(2,10-19)12-8-13(18-21-12)17-14(20)16(3,4)22-9-11-6-5-7-11/h8,11,19H,5-7,9-10H2,1-4H3,(H,17,18,20). The molecule has 1 heterocycles. The van der Waals surface area contributed by atoms with Gasteiger partial charge in [-0.25, -0.2) is 0 Å². The Kier molecular flexibility index (Phi) is 5.22. The van der Waals surface area contributed by atoms with Crippen LogP contribution in [0.2, 0.25) is 0 Å². The summed E-state index contributed by atoms with van der Waals surface area (Å²) in [5.41, 5.74) is -0.509. The Balaban J connectivity index is 1.92. The maximum absolute atomic E-state index is 12.4. The number of thioether (sulfide) groups is 1. The number of carbonyl (C=O) groups is 1. The molecule has 2 rings (SSSR count). The van der Waals surface area contributed by atoms with E-state index in [2.05, 4.69) is 10.5 Å². The minimum absolute atomic E-state index is 0.0433. The predicted octanol–water partition coefficient (Wildman–Crippen LogP) is 3.19. The minimum atomic E-state index is -0.509. The minimum Gasteiger partial charge on any atom is -0.395 e. The van der Waals surface area contributed by atoms with Gasteiger partial charge in [-0.05, 0) is 38.4 Å². The van der Waals surface area contributed by atoms with Gasteiger partial charge in [-0.2, -0.15) is 0 Å². The Bertz CT molecular complexity index is 521. The Labute approximate surface area is 136 Å². The molecule has 0 aliphatic heterocycles. The summed E-state index contributed by atoms with van der Waals surface area (Å²) in [5.74, 6) is 2.69. The van der Waals surface area contributed by atoms with Crippen molar-refractivity contribution < 1.29 is 14.4 Å². The summed E-state index contributed by atoms with van der Waals surface area (Å²) in [7, 11) is 0. The highest BCUT2D eigenvalue weighted by atomic mass is 32.2.